The third-order valence-electron chi connectivity index (χ3n) is 3.04. The summed E-state index contributed by atoms with van der Waals surface area (Å²) in [6, 6.07) is 7.94. The SMILES string of the molecule is COCc1ccc(C(NC2CC2)C(=O)OC)cc1. The number of carbonyl (C=O) groups excluding carboxylic acids is 1. The maximum Gasteiger partial charge on any atom is 0.327 e. The van der Waals surface area contributed by atoms with E-state index in [2.05, 4.69) is 5.32 Å². The predicted octanol–water partition coefficient (Wildman–Crippen LogP) is 1.80. The lowest BCUT2D eigenvalue weighted by atomic mass is 10.0. The van der Waals surface area contributed by atoms with Crippen LogP contribution in [0.25, 0.3) is 0 Å². The van der Waals surface area contributed by atoms with Crippen molar-refractivity contribution in [3.8, 4) is 0 Å². The molecule has 1 unspecified atom stereocenters. The van der Waals surface area contributed by atoms with E-state index in [1.54, 1.807) is 7.11 Å². The Morgan fingerprint density at radius 2 is 2.00 bits per heavy atom. The zero-order valence-corrected chi connectivity index (χ0v) is 10.8. The van der Waals surface area contributed by atoms with Gasteiger partial charge in [0.05, 0.1) is 13.7 Å². The van der Waals surface area contributed by atoms with Crippen LogP contribution in [0.2, 0.25) is 0 Å². The molecule has 0 bridgehead atoms. The van der Waals surface area contributed by atoms with Crippen molar-refractivity contribution < 1.29 is 14.3 Å². The molecular formula is C14H19NO3. The van der Waals surface area contributed by atoms with Crippen LogP contribution in [0.3, 0.4) is 0 Å². The molecule has 0 radical (unpaired) electrons. The first-order valence-corrected chi connectivity index (χ1v) is 6.16. The summed E-state index contributed by atoms with van der Waals surface area (Å²) >= 11 is 0. The van der Waals surface area contributed by atoms with Crippen LogP contribution in [0.1, 0.15) is 30.0 Å². The third kappa shape index (κ3) is 3.31. The second-order valence-corrected chi connectivity index (χ2v) is 4.57. The van der Waals surface area contributed by atoms with Crippen molar-refractivity contribution in [2.75, 3.05) is 14.2 Å². The summed E-state index contributed by atoms with van der Waals surface area (Å²) in [6.07, 6.45) is 2.27. The largest absolute Gasteiger partial charge is 0.468 e. The molecule has 4 heteroatoms. The highest BCUT2D eigenvalue weighted by molar-refractivity contribution is 5.77. The van der Waals surface area contributed by atoms with Gasteiger partial charge in [0.1, 0.15) is 6.04 Å². The zero-order valence-electron chi connectivity index (χ0n) is 10.8. The molecule has 1 aliphatic carbocycles. The summed E-state index contributed by atoms with van der Waals surface area (Å²) in [5.74, 6) is -0.235. The number of rotatable bonds is 6. The van der Waals surface area contributed by atoms with E-state index < -0.39 is 0 Å². The Balaban J connectivity index is 2.10. The van der Waals surface area contributed by atoms with E-state index in [1.807, 2.05) is 24.3 Å². The van der Waals surface area contributed by atoms with Gasteiger partial charge in [-0.1, -0.05) is 24.3 Å². The Morgan fingerprint density at radius 3 is 2.50 bits per heavy atom. The van der Waals surface area contributed by atoms with Gasteiger partial charge in [-0.3, -0.25) is 5.32 Å². The smallest absolute Gasteiger partial charge is 0.327 e. The normalized spacial score (nSPS) is 16.3. The number of ether oxygens (including phenoxy) is 2. The highest BCUT2D eigenvalue weighted by Gasteiger charge is 2.29. The van der Waals surface area contributed by atoms with Crippen LogP contribution in [-0.4, -0.2) is 26.2 Å². The van der Waals surface area contributed by atoms with Gasteiger partial charge in [0, 0.05) is 13.2 Å². The zero-order chi connectivity index (χ0) is 13.0. The van der Waals surface area contributed by atoms with Crippen LogP contribution in [0, 0.1) is 0 Å². The molecule has 0 heterocycles. The average Bonchev–Trinajstić information content (AvgIpc) is 3.21. The molecule has 0 spiro atoms. The lowest BCUT2D eigenvalue weighted by Gasteiger charge is -2.16. The van der Waals surface area contributed by atoms with Crippen LogP contribution < -0.4 is 5.32 Å². The molecule has 1 fully saturated rings. The Morgan fingerprint density at radius 1 is 1.33 bits per heavy atom. The van der Waals surface area contributed by atoms with Gasteiger partial charge >= 0.3 is 5.97 Å². The van der Waals surface area contributed by atoms with E-state index in [0.29, 0.717) is 12.6 Å². The van der Waals surface area contributed by atoms with Crippen molar-refractivity contribution in [1.29, 1.82) is 0 Å². The van der Waals surface area contributed by atoms with E-state index in [9.17, 15) is 4.79 Å². The van der Waals surface area contributed by atoms with Crippen LogP contribution in [0.15, 0.2) is 24.3 Å². The molecule has 18 heavy (non-hydrogen) atoms. The first kappa shape index (κ1) is 13.1. The number of hydrogen-bond donors (Lipinski definition) is 1. The number of methoxy groups -OCH3 is 2. The van der Waals surface area contributed by atoms with E-state index in [1.165, 1.54) is 7.11 Å². The Kier molecular flexibility index (Phi) is 4.33. The molecule has 1 aromatic carbocycles. The minimum absolute atomic E-state index is 0.235. The van der Waals surface area contributed by atoms with Gasteiger partial charge < -0.3 is 9.47 Å². The summed E-state index contributed by atoms with van der Waals surface area (Å²) in [6.45, 7) is 0.583. The van der Waals surface area contributed by atoms with Crippen molar-refractivity contribution in [1.82, 2.24) is 5.32 Å². The molecule has 4 nitrogen and oxygen atoms in total. The topological polar surface area (TPSA) is 47.6 Å². The van der Waals surface area contributed by atoms with E-state index in [4.69, 9.17) is 9.47 Å². The number of benzene rings is 1. The van der Waals surface area contributed by atoms with Crippen LogP contribution in [-0.2, 0) is 20.9 Å². The maximum atomic E-state index is 11.8. The molecule has 1 aromatic rings. The number of carbonyl (C=O) groups is 1. The summed E-state index contributed by atoms with van der Waals surface area (Å²) in [4.78, 5) is 11.8. The third-order valence-corrected chi connectivity index (χ3v) is 3.04. The van der Waals surface area contributed by atoms with Gasteiger partial charge in [0.25, 0.3) is 0 Å². The molecule has 1 atom stereocenters. The number of esters is 1. The molecule has 98 valence electrons. The van der Waals surface area contributed by atoms with Crippen molar-refractivity contribution in [3.63, 3.8) is 0 Å². The summed E-state index contributed by atoms with van der Waals surface area (Å²) < 4.78 is 9.91. The molecule has 2 rings (SSSR count). The fourth-order valence-corrected chi connectivity index (χ4v) is 1.88. The monoisotopic (exact) mass is 249 g/mol. The fourth-order valence-electron chi connectivity index (χ4n) is 1.88. The van der Waals surface area contributed by atoms with E-state index in [0.717, 1.165) is 24.0 Å². The first-order chi connectivity index (χ1) is 8.74. The molecule has 0 amide bonds. The minimum Gasteiger partial charge on any atom is -0.468 e. The molecule has 1 N–H and O–H groups in total. The Bertz CT molecular complexity index is 398. The van der Waals surface area contributed by atoms with Gasteiger partial charge in [-0.25, -0.2) is 4.79 Å². The standard InChI is InChI=1S/C14H19NO3/c1-17-9-10-3-5-11(6-4-10)13(14(16)18-2)15-12-7-8-12/h3-6,12-13,15H,7-9H2,1-2H3. The highest BCUT2D eigenvalue weighted by Crippen LogP contribution is 2.25. The quantitative estimate of drug-likeness (QED) is 0.781. The van der Waals surface area contributed by atoms with Crippen LogP contribution >= 0.6 is 0 Å². The maximum absolute atomic E-state index is 11.8. The van der Waals surface area contributed by atoms with E-state index >= 15 is 0 Å². The molecule has 1 aliphatic rings. The van der Waals surface area contributed by atoms with Gasteiger partial charge in [-0.15, -0.1) is 0 Å². The van der Waals surface area contributed by atoms with Crippen LogP contribution in [0.5, 0.6) is 0 Å². The second-order valence-electron chi connectivity index (χ2n) is 4.57. The molecule has 1 saturated carbocycles. The van der Waals surface area contributed by atoms with Gasteiger partial charge in [-0.05, 0) is 24.0 Å². The fraction of sp³-hybridized carbons (Fsp3) is 0.500. The molecule has 0 aliphatic heterocycles. The molecule has 0 aromatic heterocycles. The van der Waals surface area contributed by atoms with Crippen LogP contribution in [0.4, 0.5) is 0 Å². The van der Waals surface area contributed by atoms with Crippen molar-refractivity contribution >= 4 is 5.97 Å². The van der Waals surface area contributed by atoms with Gasteiger partial charge in [-0.2, -0.15) is 0 Å². The summed E-state index contributed by atoms with van der Waals surface area (Å²) in [5.41, 5.74) is 2.03. The molecule has 0 saturated heterocycles. The highest BCUT2D eigenvalue weighted by atomic mass is 16.5. The predicted molar refractivity (Wildman–Crippen MR) is 68.1 cm³/mol. The van der Waals surface area contributed by atoms with Gasteiger partial charge in [0.15, 0.2) is 0 Å². The van der Waals surface area contributed by atoms with Crippen molar-refractivity contribution in [2.24, 2.45) is 0 Å². The molecular weight excluding hydrogens is 230 g/mol. The number of nitrogens with one attached hydrogen (secondary N) is 1. The summed E-state index contributed by atoms with van der Waals surface area (Å²) in [7, 11) is 3.09. The van der Waals surface area contributed by atoms with Crippen molar-refractivity contribution in [3.05, 3.63) is 35.4 Å². The minimum atomic E-state index is -0.362. The summed E-state index contributed by atoms with van der Waals surface area (Å²) in [5, 5.41) is 3.30. The average molecular weight is 249 g/mol. The Labute approximate surface area is 107 Å². The number of hydrogen-bond acceptors (Lipinski definition) is 4. The lowest BCUT2D eigenvalue weighted by Crippen LogP contribution is -2.31. The lowest BCUT2D eigenvalue weighted by molar-refractivity contribution is -0.143. The Hall–Kier alpha value is -1.39. The van der Waals surface area contributed by atoms with E-state index in [-0.39, 0.29) is 12.0 Å². The van der Waals surface area contributed by atoms with Gasteiger partial charge in [0.2, 0.25) is 0 Å². The second kappa shape index (κ2) is 5.98. The van der Waals surface area contributed by atoms with Crippen molar-refractivity contribution in [2.45, 2.75) is 31.5 Å². The first-order valence-electron chi connectivity index (χ1n) is 6.16.